The van der Waals surface area contributed by atoms with Gasteiger partial charge < -0.3 is 23.7 Å². The fourth-order valence-corrected chi connectivity index (χ4v) is 14.3. The van der Waals surface area contributed by atoms with Gasteiger partial charge >= 0.3 is 0 Å². The standard InChI is InChI=1S/C83H58N5O.Pt/c1-82(2,3)59-48-70(55-24-7-4-8-25-55)81(71(49-59)56-26-9-5-10-27-56)86-54-85(76-40-21-22-41-77(76)86)60-30-23-31-62(51-60)89-63-43-45-69-68-44-42-61(87-74-38-19-15-34-66(74)67-35-16-20-39-75(67)87)52-78(68)88(79(69)53-63)80-50-58(46-47-84-80)83(57-28-11-6-12-29-57)72-36-17-13-32-64(72)65-33-14-18-37-73(65)83;/h4-50,52,54H,1-3H3;/q-3;. The molecule has 90 heavy (non-hydrogen) atoms. The van der Waals surface area contributed by atoms with Crippen LogP contribution in [0.4, 0.5) is 22.7 Å². The molecule has 15 aromatic rings. The number of hydrogen-bond donors (Lipinski definition) is 0. The van der Waals surface area contributed by atoms with Crippen molar-refractivity contribution in [2.24, 2.45) is 0 Å². The Kier molecular flexibility index (Phi) is 13.2. The van der Waals surface area contributed by atoms with Gasteiger partial charge in [-0.2, -0.15) is 12.1 Å². The summed E-state index contributed by atoms with van der Waals surface area (Å²) in [7, 11) is 0. The number of rotatable bonds is 10. The molecule has 0 saturated heterocycles. The quantitative estimate of drug-likeness (QED) is 0.128. The molecule has 0 spiro atoms. The molecule has 434 valence electrons. The molecule has 0 fully saturated rings. The van der Waals surface area contributed by atoms with Crippen LogP contribution in [0.1, 0.15) is 48.6 Å². The number of pyridine rings is 1. The van der Waals surface area contributed by atoms with Crippen LogP contribution in [0.25, 0.3) is 88.5 Å². The zero-order chi connectivity index (χ0) is 59.4. The fourth-order valence-electron chi connectivity index (χ4n) is 14.3. The smallest absolute Gasteiger partial charge is 0.135 e. The Labute approximate surface area is 538 Å². The Morgan fingerprint density at radius 1 is 0.422 bits per heavy atom. The summed E-state index contributed by atoms with van der Waals surface area (Å²) >= 11 is 0. The van der Waals surface area contributed by atoms with Crippen LogP contribution in [0, 0.1) is 18.8 Å². The van der Waals surface area contributed by atoms with Gasteiger partial charge in [0.05, 0.1) is 16.4 Å². The van der Waals surface area contributed by atoms with E-state index in [0.29, 0.717) is 11.5 Å². The summed E-state index contributed by atoms with van der Waals surface area (Å²) in [4.78, 5) is 9.92. The van der Waals surface area contributed by atoms with E-state index in [4.69, 9.17) is 9.72 Å². The maximum absolute atomic E-state index is 7.00. The Bertz CT molecular complexity index is 5120. The van der Waals surface area contributed by atoms with Crippen LogP contribution in [-0.2, 0) is 31.9 Å². The summed E-state index contributed by atoms with van der Waals surface area (Å²) in [6.07, 6.45) is 1.98. The number of para-hydroxylation sites is 4. The van der Waals surface area contributed by atoms with Crippen molar-refractivity contribution < 1.29 is 25.8 Å². The zero-order valence-corrected chi connectivity index (χ0v) is 52.0. The Balaban J connectivity index is 0.00000649. The summed E-state index contributed by atoms with van der Waals surface area (Å²) < 4.78 is 11.7. The zero-order valence-electron chi connectivity index (χ0n) is 49.8. The molecule has 7 heteroatoms. The van der Waals surface area contributed by atoms with Crippen LogP contribution in [0.15, 0.2) is 291 Å². The first-order valence-electron chi connectivity index (χ1n) is 30.5. The van der Waals surface area contributed by atoms with E-state index in [2.05, 4.69) is 325 Å². The summed E-state index contributed by atoms with van der Waals surface area (Å²) in [6.45, 7) is 9.09. The number of fused-ring (bicyclic) bond motifs is 10. The van der Waals surface area contributed by atoms with Gasteiger partial charge in [0.25, 0.3) is 0 Å². The fraction of sp³-hybridized carbons (Fsp3) is 0.0602. The van der Waals surface area contributed by atoms with Crippen LogP contribution in [0.3, 0.4) is 0 Å². The van der Waals surface area contributed by atoms with Gasteiger partial charge in [0.2, 0.25) is 0 Å². The van der Waals surface area contributed by atoms with Crippen molar-refractivity contribution >= 4 is 66.4 Å². The largest absolute Gasteiger partial charge is 0.509 e. The summed E-state index contributed by atoms with van der Waals surface area (Å²) in [5.74, 6) is 1.89. The number of anilines is 4. The molecule has 2 aliphatic rings. The van der Waals surface area contributed by atoms with Crippen LogP contribution >= 0.6 is 0 Å². The molecule has 17 rings (SSSR count). The van der Waals surface area contributed by atoms with E-state index in [-0.39, 0.29) is 26.5 Å². The van der Waals surface area contributed by atoms with Gasteiger partial charge in [-0.1, -0.05) is 220 Å². The Morgan fingerprint density at radius 2 is 0.967 bits per heavy atom. The number of nitrogens with zero attached hydrogens (tertiary/aromatic N) is 5. The minimum atomic E-state index is -0.632. The van der Waals surface area contributed by atoms with Crippen molar-refractivity contribution in [3.8, 4) is 56.4 Å². The molecule has 3 aromatic heterocycles. The molecule has 6 nitrogen and oxygen atoms in total. The second-order valence-electron chi connectivity index (χ2n) is 24.3. The third-order valence-electron chi connectivity index (χ3n) is 18.3. The summed E-state index contributed by atoms with van der Waals surface area (Å²) in [5, 5.41) is 4.53. The van der Waals surface area contributed by atoms with Gasteiger partial charge in [-0.15, -0.1) is 48.1 Å². The molecule has 0 amide bonds. The van der Waals surface area contributed by atoms with Crippen LogP contribution in [0.5, 0.6) is 11.5 Å². The normalized spacial score (nSPS) is 13.2. The number of aromatic nitrogens is 3. The average Bonchev–Trinajstić information content (AvgIpc) is 1.60. The third kappa shape index (κ3) is 8.68. The summed E-state index contributed by atoms with van der Waals surface area (Å²) in [6, 6.07) is 110. The predicted octanol–water partition coefficient (Wildman–Crippen LogP) is 21.1. The molecule has 0 N–H and O–H groups in total. The molecular weight excluding hydrogens is 1280 g/mol. The molecule has 4 heterocycles. The van der Waals surface area contributed by atoms with Gasteiger partial charge in [0.15, 0.2) is 0 Å². The van der Waals surface area contributed by atoms with Crippen molar-refractivity contribution in [1.82, 2.24) is 14.1 Å². The van der Waals surface area contributed by atoms with Gasteiger partial charge in [-0.3, -0.25) is 0 Å². The van der Waals surface area contributed by atoms with Crippen LogP contribution in [0.2, 0.25) is 0 Å². The van der Waals surface area contributed by atoms with E-state index in [0.717, 1.165) is 94.9 Å². The van der Waals surface area contributed by atoms with Crippen molar-refractivity contribution in [2.75, 3.05) is 9.80 Å². The van der Waals surface area contributed by atoms with Crippen molar-refractivity contribution in [3.05, 3.63) is 338 Å². The molecule has 0 bridgehead atoms. The van der Waals surface area contributed by atoms with E-state index in [9.17, 15) is 0 Å². The van der Waals surface area contributed by atoms with E-state index in [1.807, 2.05) is 24.4 Å². The monoisotopic (exact) mass is 1340 g/mol. The Hall–Kier alpha value is -10.5. The molecule has 0 atom stereocenters. The van der Waals surface area contributed by atoms with E-state index < -0.39 is 5.41 Å². The van der Waals surface area contributed by atoms with E-state index in [1.165, 1.54) is 44.2 Å². The molecule has 12 aromatic carbocycles. The molecular formula is C83H58N5OPt-3. The third-order valence-corrected chi connectivity index (χ3v) is 18.3. The molecule has 0 saturated carbocycles. The Morgan fingerprint density at radius 3 is 1.61 bits per heavy atom. The topological polar surface area (TPSA) is 38.5 Å². The minimum absolute atomic E-state index is 0. The second-order valence-corrected chi connectivity index (χ2v) is 24.3. The molecule has 0 unspecified atom stereocenters. The van der Waals surface area contributed by atoms with Crippen molar-refractivity contribution in [2.45, 2.75) is 31.6 Å². The maximum Gasteiger partial charge on any atom is 0.135 e. The van der Waals surface area contributed by atoms with E-state index >= 15 is 0 Å². The van der Waals surface area contributed by atoms with Gasteiger partial charge in [0, 0.05) is 88.9 Å². The first kappa shape index (κ1) is 54.8. The SMILES string of the molecule is CC(C)(C)c1cc(-c2ccccc2)c(N2[CH-]N(c3[c-]c(Oc4[c-]c5c(cc4)c4ccc(-n6c7ccccc7c7ccccc76)cc4n5-c4cc(C5(c6ccccc6)c6ccccc6-c6ccccc65)ccn4)ccc3)c3ccccc32)c(-c2ccccc2)c1.[Pt]. The number of ether oxygens (including phenoxy) is 1. The molecule has 1 aliphatic heterocycles. The van der Waals surface area contributed by atoms with Crippen molar-refractivity contribution in [1.29, 1.82) is 0 Å². The minimum Gasteiger partial charge on any atom is -0.509 e. The van der Waals surface area contributed by atoms with Gasteiger partial charge in [0.1, 0.15) is 5.82 Å². The average molecular weight is 1340 g/mol. The van der Waals surface area contributed by atoms with Gasteiger partial charge in [-0.25, -0.2) is 4.98 Å². The van der Waals surface area contributed by atoms with Crippen molar-refractivity contribution in [3.63, 3.8) is 0 Å². The predicted molar refractivity (Wildman–Crippen MR) is 365 cm³/mol. The van der Waals surface area contributed by atoms with Crippen LogP contribution in [-0.4, -0.2) is 14.1 Å². The second kappa shape index (κ2) is 21.7. The van der Waals surface area contributed by atoms with Gasteiger partial charge in [-0.05, 0) is 122 Å². The molecule has 1 aliphatic carbocycles. The summed E-state index contributed by atoms with van der Waals surface area (Å²) in [5.41, 5.74) is 21.6. The number of benzene rings is 12. The first-order valence-corrected chi connectivity index (χ1v) is 30.5. The maximum atomic E-state index is 7.00. The molecule has 0 radical (unpaired) electrons. The van der Waals surface area contributed by atoms with Crippen LogP contribution < -0.4 is 14.5 Å². The van der Waals surface area contributed by atoms with E-state index in [1.54, 1.807) is 0 Å². The first-order chi connectivity index (χ1) is 43.8. The number of hydrogen-bond acceptors (Lipinski definition) is 4.